The van der Waals surface area contributed by atoms with Crippen LogP contribution in [-0.4, -0.2) is 12.0 Å². The Balaban J connectivity index is 2.40. The molecule has 2 rings (SSSR count). The zero-order valence-corrected chi connectivity index (χ0v) is 9.71. The van der Waals surface area contributed by atoms with Crippen LogP contribution in [0.3, 0.4) is 0 Å². The Morgan fingerprint density at radius 2 is 2.27 bits per heavy atom. The molecule has 1 N–H and O–H groups in total. The van der Waals surface area contributed by atoms with E-state index in [1.165, 1.54) is 16.0 Å². The number of pyridine rings is 1. The maximum atomic E-state index is 4.12. The largest absolute Gasteiger partial charge is 0.309 e. The van der Waals surface area contributed by atoms with E-state index >= 15 is 0 Å². The molecule has 15 heavy (non-hydrogen) atoms. The van der Waals surface area contributed by atoms with Crippen LogP contribution >= 0.6 is 11.3 Å². The highest BCUT2D eigenvalue weighted by atomic mass is 32.1. The molecule has 2 nitrogen and oxygen atoms in total. The molecule has 0 bridgehead atoms. The molecule has 1 atom stereocenters. The van der Waals surface area contributed by atoms with Gasteiger partial charge in [0.2, 0.25) is 0 Å². The second-order valence-electron chi connectivity index (χ2n) is 3.47. The van der Waals surface area contributed by atoms with Crippen molar-refractivity contribution in [3.05, 3.63) is 52.0 Å². The topological polar surface area (TPSA) is 24.9 Å². The average molecular weight is 218 g/mol. The third kappa shape index (κ3) is 2.08. The molecule has 2 heterocycles. The second kappa shape index (κ2) is 4.55. The van der Waals surface area contributed by atoms with Crippen LogP contribution in [0.1, 0.15) is 22.0 Å². The Kier molecular flexibility index (Phi) is 3.14. The first kappa shape index (κ1) is 10.3. The average Bonchev–Trinajstić information content (AvgIpc) is 2.75. The molecule has 0 aliphatic carbocycles. The maximum absolute atomic E-state index is 4.12. The third-order valence-electron chi connectivity index (χ3n) is 2.49. The lowest BCUT2D eigenvalue weighted by molar-refractivity contribution is 0.698. The van der Waals surface area contributed by atoms with Gasteiger partial charge in [-0.25, -0.2) is 0 Å². The zero-order valence-electron chi connectivity index (χ0n) is 8.90. The lowest BCUT2D eigenvalue weighted by atomic mass is 10.0. The summed E-state index contributed by atoms with van der Waals surface area (Å²) in [7, 11) is 1.99. The molecule has 0 amide bonds. The Labute approximate surface area is 94.0 Å². The molecular weight excluding hydrogens is 204 g/mol. The standard InChI is InChI=1S/C12H14N2S/c1-9-8-14-6-5-10(9)12(13-2)11-4-3-7-15-11/h3-8,12-13H,1-2H3. The number of hydrogen-bond donors (Lipinski definition) is 1. The van der Waals surface area contributed by atoms with Crippen molar-refractivity contribution in [3.8, 4) is 0 Å². The Hall–Kier alpha value is -1.19. The molecule has 3 heteroatoms. The van der Waals surface area contributed by atoms with Gasteiger partial charge in [-0.3, -0.25) is 4.98 Å². The van der Waals surface area contributed by atoms with Crippen molar-refractivity contribution in [1.82, 2.24) is 10.3 Å². The number of hydrogen-bond acceptors (Lipinski definition) is 3. The maximum Gasteiger partial charge on any atom is 0.0672 e. The highest BCUT2D eigenvalue weighted by Gasteiger charge is 2.14. The van der Waals surface area contributed by atoms with E-state index in [-0.39, 0.29) is 6.04 Å². The first-order chi connectivity index (χ1) is 7.33. The fourth-order valence-electron chi connectivity index (χ4n) is 1.71. The molecule has 2 aromatic rings. The minimum Gasteiger partial charge on any atom is -0.309 e. The molecule has 0 aromatic carbocycles. The van der Waals surface area contributed by atoms with E-state index in [9.17, 15) is 0 Å². The van der Waals surface area contributed by atoms with E-state index in [1.807, 2.05) is 19.4 Å². The molecular formula is C12H14N2S. The molecule has 0 spiro atoms. The van der Waals surface area contributed by atoms with Crippen LogP contribution in [0.5, 0.6) is 0 Å². The molecule has 78 valence electrons. The van der Waals surface area contributed by atoms with Crippen LogP contribution < -0.4 is 5.32 Å². The summed E-state index contributed by atoms with van der Waals surface area (Å²) in [5, 5.41) is 5.45. The van der Waals surface area contributed by atoms with Gasteiger partial charge in [-0.15, -0.1) is 11.3 Å². The van der Waals surface area contributed by atoms with E-state index in [4.69, 9.17) is 0 Å². The number of nitrogens with zero attached hydrogens (tertiary/aromatic N) is 1. The number of aromatic nitrogens is 1. The van der Waals surface area contributed by atoms with Gasteiger partial charge in [0.15, 0.2) is 0 Å². The normalized spacial score (nSPS) is 12.7. The van der Waals surface area contributed by atoms with Crippen molar-refractivity contribution in [2.24, 2.45) is 0 Å². The summed E-state index contributed by atoms with van der Waals surface area (Å²) in [6, 6.07) is 6.61. The smallest absolute Gasteiger partial charge is 0.0672 e. The van der Waals surface area contributed by atoms with Crippen molar-refractivity contribution in [2.75, 3.05) is 7.05 Å². The van der Waals surface area contributed by atoms with Gasteiger partial charge in [0.25, 0.3) is 0 Å². The predicted molar refractivity (Wildman–Crippen MR) is 64.2 cm³/mol. The minimum absolute atomic E-state index is 0.285. The monoisotopic (exact) mass is 218 g/mol. The summed E-state index contributed by atoms with van der Waals surface area (Å²) in [4.78, 5) is 5.46. The van der Waals surface area contributed by atoms with Gasteiger partial charge < -0.3 is 5.32 Å². The molecule has 0 aliphatic rings. The van der Waals surface area contributed by atoms with E-state index in [0.717, 1.165) is 0 Å². The number of aryl methyl sites for hydroxylation is 1. The Morgan fingerprint density at radius 3 is 2.87 bits per heavy atom. The van der Waals surface area contributed by atoms with Crippen molar-refractivity contribution in [1.29, 1.82) is 0 Å². The fourth-order valence-corrected chi connectivity index (χ4v) is 2.57. The van der Waals surface area contributed by atoms with E-state index in [1.54, 1.807) is 11.3 Å². The van der Waals surface area contributed by atoms with Crippen molar-refractivity contribution in [3.63, 3.8) is 0 Å². The van der Waals surface area contributed by atoms with Gasteiger partial charge in [-0.2, -0.15) is 0 Å². The highest BCUT2D eigenvalue weighted by Crippen LogP contribution is 2.27. The van der Waals surface area contributed by atoms with Gasteiger partial charge in [-0.05, 0) is 42.6 Å². The second-order valence-corrected chi connectivity index (χ2v) is 4.45. The summed E-state index contributed by atoms with van der Waals surface area (Å²) >= 11 is 1.78. The lowest BCUT2D eigenvalue weighted by Crippen LogP contribution is -2.17. The zero-order chi connectivity index (χ0) is 10.7. The number of nitrogens with one attached hydrogen (secondary N) is 1. The first-order valence-electron chi connectivity index (χ1n) is 4.94. The molecule has 2 aromatic heterocycles. The molecule has 0 fully saturated rings. The van der Waals surface area contributed by atoms with Crippen LogP contribution in [0.25, 0.3) is 0 Å². The number of thiophene rings is 1. The summed E-state index contributed by atoms with van der Waals surface area (Å²) < 4.78 is 0. The van der Waals surface area contributed by atoms with Crippen molar-refractivity contribution in [2.45, 2.75) is 13.0 Å². The van der Waals surface area contributed by atoms with Crippen LogP contribution in [0.4, 0.5) is 0 Å². The number of rotatable bonds is 3. The molecule has 0 saturated carbocycles. The van der Waals surface area contributed by atoms with Gasteiger partial charge in [0, 0.05) is 17.3 Å². The lowest BCUT2D eigenvalue weighted by Gasteiger charge is -2.16. The van der Waals surface area contributed by atoms with E-state index in [0.29, 0.717) is 0 Å². The van der Waals surface area contributed by atoms with Crippen LogP contribution in [-0.2, 0) is 0 Å². The van der Waals surface area contributed by atoms with Crippen LogP contribution in [0.15, 0.2) is 36.0 Å². The Bertz CT molecular complexity index is 423. The molecule has 0 saturated heterocycles. The third-order valence-corrected chi connectivity index (χ3v) is 3.43. The van der Waals surface area contributed by atoms with Gasteiger partial charge in [-0.1, -0.05) is 6.07 Å². The summed E-state index contributed by atoms with van der Waals surface area (Å²) in [6.45, 7) is 2.10. The molecule has 0 radical (unpaired) electrons. The van der Waals surface area contributed by atoms with Gasteiger partial charge >= 0.3 is 0 Å². The summed E-state index contributed by atoms with van der Waals surface area (Å²) in [5.74, 6) is 0. The SMILES string of the molecule is CNC(c1cccs1)c1ccncc1C. The van der Waals surface area contributed by atoms with E-state index < -0.39 is 0 Å². The quantitative estimate of drug-likeness (QED) is 0.857. The van der Waals surface area contributed by atoms with Crippen LogP contribution in [0, 0.1) is 6.92 Å². The Morgan fingerprint density at radius 1 is 1.40 bits per heavy atom. The summed E-state index contributed by atoms with van der Waals surface area (Å²) in [5.41, 5.74) is 2.53. The van der Waals surface area contributed by atoms with E-state index in [2.05, 4.69) is 40.8 Å². The van der Waals surface area contributed by atoms with Gasteiger partial charge in [0.05, 0.1) is 6.04 Å². The van der Waals surface area contributed by atoms with Crippen molar-refractivity contribution < 1.29 is 0 Å². The predicted octanol–water partition coefficient (Wildman–Crippen LogP) is 2.76. The fraction of sp³-hybridized carbons (Fsp3) is 0.250. The molecule has 1 unspecified atom stereocenters. The van der Waals surface area contributed by atoms with Crippen LogP contribution in [0.2, 0.25) is 0 Å². The highest BCUT2D eigenvalue weighted by molar-refractivity contribution is 7.10. The van der Waals surface area contributed by atoms with Crippen molar-refractivity contribution >= 4 is 11.3 Å². The first-order valence-corrected chi connectivity index (χ1v) is 5.82. The van der Waals surface area contributed by atoms with Gasteiger partial charge in [0.1, 0.15) is 0 Å². The minimum atomic E-state index is 0.285. The molecule has 0 aliphatic heterocycles. The summed E-state index contributed by atoms with van der Waals surface area (Å²) in [6.07, 6.45) is 3.76.